The largest absolute Gasteiger partial charge is 0.250 e. The predicted molar refractivity (Wildman–Crippen MR) is 52.9 cm³/mol. The molecule has 3 heteroatoms. The fourth-order valence-electron chi connectivity index (χ4n) is 0.972. The first-order valence-electron chi connectivity index (χ1n) is 3.77. The highest BCUT2D eigenvalue weighted by Gasteiger charge is 2.07. The van der Waals surface area contributed by atoms with Crippen molar-refractivity contribution in [1.82, 2.24) is 0 Å². The maximum absolute atomic E-state index is 12.3. The molecule has 0 aliphatic carbocycles. The SMILES string of the molecule is [CH2]C(CF)c1ccc(Br)c(C#N)c1. The molecule has 0 aromatic heterocycles. The molecule has 0 saturated carbocycles. The molecule has 0 spiro atoms. The van der Waals surface area contributed by atoms with Gasteiger partial charge in [-0.15, -0.1) is 0 Å². The number of halogens is 2. The topological polar surface area (TPSA) is 23.8 Å². The number of nitriles is 1. The normalized spacial score (nSPS) is 12.2. The third-order valence-electron chi connectivity index (χ3n) is 1.77. The van der Waals surface area contributed by atoms with E-state index in [1.165, 1.54) is 0 Å². The lowest BCUT2D eigenvalue weighted by atomic mass is 10.0. The van der Waals surface area contributed by atoms with Crippen molar-refractivity contribution < 1.29 is 4.39 Å². The monoisotopic (exact) mass is 240 g/mol. The van der Waals surface area contributed by atoms with Gasteiger partial charge in [0.2, 0.25) is 0 Å². The Balaban J connectivity index is 3.08. The van der Waals surface area contributed by atoms with E-state index in [2.05, 4.69) is 22.9 Å². The van der Waals surface area contributed by atoms with Gasteiger partial charge >= 0.3 is 0 Å². The molecule has 0 bridgehead atoms. The second kappa shape index (κ2) is 4.38. The first kappa shape index (κ1) is 10.2. The fourth-order valence-corrected chi connectivity index (χ4v) is 1.31. The molecule has 1 aromatic carbocycles. The number of hydrogen-bond acceptors (Lipinski definition) is 1. The summed E-state index contributed by atoms with van der Waals surface area (Å²) in [5.74, 6) is -0.389. The Bertz CT molecular complexity index is 343. The summed E-state index contributed by atoms with van der Waals surface area (Å²) in [7, 11) is 0. The van der Waals surface area contributed by atoms with E-state index in [1.807, 2.05) is 6.07 Å². The van der Waals surface area contributed by atoms with Crippen molar-refractivity contribution in [2.75, 3.05) is 6.67 Å². The highest BCUT2D eigenvalue weighted by Crippen LogP contribution is 2.22. The molecule has 0 heterocycles. The minimum absolute atomic E-state index is 0.389. The minimum Gasteiger partial charge on any atom is -0.250 e. The van der Waals surface area contributed by atoms with Crippen LogP contribution in [0.1, 0.15) is 17.0 Å². The Labute approximate surface area is 85.3 Å². The highest BCUT2D eigenvalue weighted by atomic mass is 79.9. The fraction of sp³-hybridized carbons (Fsp3) is 0.200. The smallest absolute Gasteiger partial charge is 0.100 e. The molecule has 0 N–H and O–H groups in total. The predicted octanol–water partition coefficient (Wildman–Crippen LogP) is 3.21. The van der Waals surface area contributed by atoms with E-state index < -0.39 is 6.67 Å². The molecule has 1 aromatic rings. The lowest BCUT2D eigenvalue weighted by Crippen LogP contribution is -1.96. The molecular formula is C10H8BrFN. The van der Waals surface area contributed by atoms with E-state index in [-0.39, 0.29) is 5.92 Å². The van der Waals surface area contributed by atoms with Gasteiger partial charge in [0.05, 0.1) is 12.2 Å². The zero-order valence-corrected chi connectivity index (χ0v) is 8.51. The highest BCUT2D eigenvalue weighted by molar-refractivity contribution is 9.10. The van der Waals surface area contributed by atoms with Gasteiger partial charge in [-0.05, 0) is 40.5 Å². The van der Waals surface area contributed by atoms with Crippen molar-refractivity contribution >= 4 is 15.9 Å². The Kier molecular flexibility index (Phi) is 3.44. The quantitative estimate of drug-likeness (QED) is 0.779. The van der Waals surface area contributed by atoms with Crippen LogP contribution >= 0.6 is 15.9 Å². The van der Waals surface area contributed by atoms with Crippen LogP contribution in [-0.2, 0) is 0 Å². The van der Waals surface area contributed by atoms with Crippen LogP contribution in [0.15, 0.2) is 22.7 Å². The van der Waals surface area contributed by atoms with Gasteiger partial charge < -0.3 is 0 Å². The lowest BCUT2D eigenvalue weighted by Gasteiger charge is -2.07. The van der Waals surface area contributed by atoms with Gasteiger partial charge in [-0.3, -0.25) is 4.39 Å². The summed E-state index contributed by atoms with van der Waals surface area (Å²) >= 11 is 3.22. The Morgan fingerprint density at radius 1 is 1.62 bits per heavy atom. The van der Waals surface area contributed by atoms with Crippen LogP contribution in [0.5, 0.6) is 0 Å². The van der Waals surface area contributed by atoms with E-state index in [0.29, 0.717) is 5.56 Å². The molecule has 1 rings (SSSR count). The van der Waals surface area contributed by atoms with Crippen molar-refractivity contribution in [3.05, 3.63) is 40.7 Å². The lowest BCUT2D eigenvalue weighted by molar-refractivity contribution is 0.465. The molecule has 0 aliphatic rings. The average molecular weight is 241 g/mol. The second-order valence-electron chi connectivity index (χ2n) is 2.70. The summed E-state index contributed by atoms with van der Waals surface area (Å²) in [5, 5.41) is 8.70. The van der Waals surface area contributed by atoms with E-state index in [1.54, 1.807) is 18.2 Å². The van der Waals surface area contributed by atoms with Gasteiger partial charge in [0.1, 0.15) is 6.07 Å². The van der Waals surface area contributed by atoms with E-state index in [0.717, 1.165) is 10.0 Å². The van der Waals surface area contributed by atoms with Gasteiger partial charge in [0.15, 0.2) is 0 Å². The maximum Gasteiger partial charge on any atom is 0.100 e. The van der Waals surface area contributed by atoms with Crippen molar-refractivity contribution in [3.8, 4) is 6.07 Å². The Morgan fingerprint density at radius 2 is 2.31 bits per heavy atom. The molecule has 13 heavy (non-hydrogen) atoms. The maximum atomic E-state index is 12.3. The summed E-state index contributed by atoms with van der Waals surface area (Å²) < 4.78 is 13.0. The van der Waals surface area contributed by atoms with Crippen LogP contribution in [0.2, 0.25) is 0 Å². The Hall–Kier alpha value is -0.880. The standard InChI is InChI=1S/C10H8BrFN/c1-7(5-12)8-2-3-10(11)9(4-8)6-13/h2-4,7H,1,5H2. The van der Waals surface area contributed by atoms with E-state index >= 15 is 0 Å². The van der Waals surface area contributed by atoms with Crippen molar-refractivity contribution in [3.63, 3.8) is 0 Å². The number of benzene rings is 1. The first-order chi connectivity index (χ1) is 6.19. The number of rotatable bonds is 2. The molecule has 1 atom stereocenters. The summed E-state index contributed by atoms with van der Waals surface area (Å²) in [6, 6.07) is 7.18. The number of nitrogens with zero attached hydrogens (tertiary/aromatic N) is 1. The first-order valence-corrected chi connectivity index (χ1v) is 4.57. The van der Waals surface area contributed by atoms with Crippen molar-refractivity contribution in [1.29, 1.82) is 5.26 Å². The molecule has 1 unspecified atom stereocenters. The van der Waals surface area contributed by atoms with Crippen LogP contribution in [-0.4, -0.2) is 6.67 Å². The van der Waals surface area contributed by atoms with Gasteiger partial charge in [-0.1, -0.05) is 6.07 Å². The third kappa shape index (κ3) is 2.28. The zero-order valence-electron chi connectivity index (χ0n) is 6.93. The molecule has 1 nitrogen and oxygen atoms in total. The second-order valence-corrected chi connectivity index (χ2v) is 3.56. The zero-order chi connectivity index (χ0) is 9.84. The van der Waals surface area contributed by atoms with Crippen LogP contribution < -0.4 is 0 Å². The van der Waals surface area contributed by atoms with E-state index in [9.17, 15) is 4.39 Å². The molecule has 0 amide bonds. The van der Waals surface area contributed by atoms with Crippen molar-refractivity contribution in [2.24, 2.45) is 0 Å². The summed E-state index contributed by atoms with van der Waals surface area (Å²) in [5.41, 5.74) is 1.27. The van der Waals surface area contributed by atoms with Crippen molar-refractivity contribution in [2.45, 2.75) is 5.92 Å². The molecule has 0 saturated heterocycles. The number of alkyl halides is 1. The van der Waals surface area contributed by atoms with Crippen LogP contribution in [0, 0.1) is 18.3 Å². The third-order valence-corrected chi connectivity index (χ3v) is 2.46. The van der Waals surface area contributed by atoms with Gasteiger partial charge in [-0.2, -0.15) is 5.26 Å². The molecule has 0 aliphatic heterocycles. The van der Waals surface area contributed by atoms with Gasteiger partial charge in [-0.25, -0.2) is 0 Å². The molecule has 67 valence electrons. The van der Waals surface area contributed by atoms with Crippen LogP contribution in [0.4, 0.5) is 4.39 Å². The summed E-state index contributed by atoms with van der Waals surface area (Å²) in [6.45, 7) is 3.12. The molecule has 1 radical (unpaired) electrons. The van der Waals surface area contributed by atoms with Crippen LogP contribution in [0.25, 0.3) is 0 Å². The average Bonchev–Trinajstić information content (AvgIpc) is 2.17. The van der Waals surface area contributed by atoms with Gasteiger partial charge in [0.25, 0.3) is 0 Å². The van der Waals surface area contributed by atoms with E-state index in [4.69, 9.17) is 5.26 Å². The number of hydrogen-bond donors (Lipinski definition) is 0. The molecule has 0 fully saturated rings. The van der Waals surface area contributed by atoms with Crippen LogP contribution in [0.3, 0.4) is 0 Å². The summed E-state index contributed by atoms with van der Waals surface area (Å²) in [6.07, 6.45) is 0. The van der Waals surface area contributed by atoms with Gasteiger partial charge in [0, 0.05) is 10.4 Å². The Morgan fingerprint density at radius 3 is 2.85 bits per heavy atom. The molecular weight excluding hydrogens is 233 g/mol. The summed E-state index contributed by atoms with van der Waals surface area (Å²) in [4.78, 5) is 0. The minimum atomic E-state index is -0.507.